The number of halogens is 2. The molecular formula is C51H60Cl2N14O4S2. The number of carbonyl (C=O) groups is 1. The molecule has 2 fully saturated rings. The Labute approximate surface area is 443 Å². The molecule has 22 heteroatoms. The van der Waals surface area contributed by atoms with Crippen LogP contribution in [0.3, 0.4) is 0 Å². The minimum Gasteiger partial charge on any atom is -0.444 e. The van der Waals surface area contributed by atoms with Gasteiger partial charge >= 0.3 is 6.09 Å². The molecule has 1 amide bonds. The second kappa shape index (κ2) is 23.4. The van der Waals surface area contributed by atoms with Gasteiger partial charge in [0, 0.05) is 122 Å². The molecule has 8 aromatic rings. The van der Waals surface area contributed by atoms with E-state index in [1.807, 2.05) is 108 Å². The van der Waals surface area contributed by atoms with Crippen molar-refractivity contribution in [3.8, 4) is 21.1 Å². The highest BCUT2D eigenvalue weighted by Crippen LogP contribution is 2.29. The molecule has 3 N–H and O–H groups in total. The molecule has 384 valence electrons. The highest BCUT2D eigenvalue weighted by molar-refractivity contribution is 7.13. The van der Waals surface area contributed by atoms with Crippen molar-refractivity contribution in [2.75, 3.05) is 72.8 Å². The monoisotopic (exact) mass is 1070 g/mol. The number of hydrogen-bond acceptors (Lipinski definition) is 17. The van der Waals surface area contributed by atoms with Crippen LogP contribution in [0.25, 0.3) is 43.2 Å². The van der Waals surface area contributed by atoms with E-state index in [0.717, 1.165) is 78.5 Å². The molecule has 0 atom stereocenters. The van der Waals surface area contributed by atoms with Crippen LogP contribution in [0, 0.1) is 13.8 Å². The number of aryl methyl sites for hydroxylation is 4. The summed E-state index contributed by atoms with van der Waals surface area (Å²) in [6.45, 7) is 21.1. The van der Waals surface area contributed by atoms with Crippen LogP contribution in [0.15, 0.2) is 93.4 Å². The van der Waals surface area contributed by atoms with Crippen molar-refractivity contribution in [3.63, 3.8) is 0 Å². The van der Waals surface area contributed by atoms with Gasteiger partial charge in [0.1, 0.15) is 26.9 Å². The minimum atomic E-state index is -0.497. The van der Waals surface area contributed by atoms with E-state index in [1.54, 1.807) is 26.4 Å². The van der Waals surface area contributed by atoms with Gasteiger partial charge in [-0.3, -0.25) is 18.7 Å². The average molecular weight is 1070 g/mol. The standard InChI is InChI=1S/C28H33N7O3S.C23H25N7OS.2ClH/c1-6-35-23-21(17-22(25(35)36)24-29-11-16-39-24)18(2)30-26(32-23)31-19-7-9-20(10-8-19)33-12-14-34(15-13-33)27(37)38-28(3,4)5;1-3-30-20-18(14-19(22(30)31)21-25-10-13-32-21)15(2)26-23(28-20)27-16-4-6-17(7-5-16)29-11-8-24-9-12-29;;/h7-11,16-17H,6,12-15H2,1-5H3,(H,30,31,32);4-7,10,13-14,24H,3,8-9,11-12H2,1-2H3,(H,26,27,28);2*1H. The Kier molecular flexibility index (Phi) is 17.4. The van der Waals surface area contributed by atoms with Crippen molar-refractivity contribution in [3.05, 3.63) is 116 Å². The predicted octanol–water partition coefficient (Wildman–Crippen LogP) is 9.28. The summed E-state index contributed by atoms with van der Waals surface area (Å²) in [7, 11) is 0. The third-order valence-electron chi connectivity index (χ3n) is 12.3. The Morgan fingerprint density at radius 2 is 1.07 bits per heavy atom. The number of rotatable bonds is 10. The van der Waals surface area contributed by atoms with Crippen LogP contribution >= 0.6 is 47.5 Å². The summed E-state index contributed by atoms with van der Waals surface area (Å²) < 4.78 is 8.86. The first-order valence-electron chi connectivity index (χ1n) is 23.8. The van der Waals surface area contributed by atoms with E-state index < -0.39 is 5.60 Å². The molecule has 0 spiro atoms. The van der Waals surface area contributed by atoms with Gasteiger partial charge < -0.3 is 35.4 Å². The lowest BCUT2D eigenvalue weighted by Crippen LogP contribution is -2.50. The lowest BCUT2D eigenvalue weighted by molar-refractivity contribution is 0.0240. The molecule has 10 rings (SSSR count). The molecule has 2 saturated heterocycles. The topological polar surface area (TPSA) is 193 Å². The van der Waals surface area contributed by atoms with E-state index in [1.165, 1.54) is 28.4 Å². The van der Waals surface area contributed by atoms with Crippen LogP contribution in [-0.2, 0) is 17.8 Å². The Morgan fingerprint density at radius 3 is 1.45 bits per heavy atom. The van der Waals surface area contributed by atoms with Gasteiger partial charge in [0.25, 0.3) is 11.1 Å². The summed E-state index contributed by atoms with van der Waals surface area (Å²) in [4.78, 5) is 72.5. The Balaban J connectivity index is 0.000000212. The second-order valence-corrected chi connectivity index (χ2v) is 20.0. The van der Waals surface area contributed by atoms with Gasteiger partial charge in [-0.15, -0.1) is 47.5 Å². The number of piperazine rings is 2. The van der Waals surface area contributed by atoms with Crippen LogP contribution in [0.5, 0.6) is 0 Å². The molecule has 2 aliphatic heterocycles. The van der Waals surface area contributed by atoms with Crippen molar-refractivity contribution in [1.29, 1.82) is 0 Å². The molecule has 2 aromatic carbocycles. The number of amides is 1. The molecule has 18 nitrogen and oxygen atoms in total. The summed E-state index contributed by atoms with van der Waals surface area (Å²) >= 11 is 2.89. The zero-order valence-electron chi connectivity index (χ0n) is 41.8. The number of hydrogen-bond donors (Lipinski definition) is 3. The van der Waals surface area contributed by atoms with Gasteiger partial charge in [-0.1, -0.05) is 0 Å². The third-order valence-corrected chi connectivity index (χ3v) is 13.9. The first-order chi connectivity index (χ1) is 34.3. The fourth-order valence-electron chi connectivity index (χ4n) is 8.66. The molecule has 0 aliphatic carbocycles. The van der Waals surface area contributed by atoms with Crippen molar-refractivity contribution in [1.82, 2.24) is 49.3 Å². The highest BCUT2D eigenvalue weighted by Gasteiger charge is 2.26. The first-order valence-corrected chi connectivity index (χ1v) is 25.6. The summed E-state index contributed by atoms with van der Waals surface area (Å²) in [5.74, 6) is 0.913. The largest absolute Gasteiger partial charge is 0.444 e. The molecular weight excluding hydrogens is 1010 g/mol. The van der Waals surface area contributed by atoms with Crippen LogP contribution < -0.4 is 36.9 Å². The van der Waals surface area contributed by atoms with E-state index >= 15 is 0 Å². The zero-order valence-corrected chi connectivity index (χ0v) is 45.1. The van der Waals surface area contributed by atoms with Gasteiger partial charge in [-0.05, 0) is 109 Å². The molecule has 0 bridgehead atoms. The van der Waals surface area contributed by atoms with Crippen LogP contribution in [0.4, 0.5) is 39.4 Å². The second-order valence-electron chi connectivity index (χ2n) is 18.2. The van der Waals surface area contributed by atoms with Gasteiger partial charge in [-0.25, -0.2) is 24.7 Å². The lowest BCUT2D eigenvalue weighted by Gasteiger charge is -2.36. The van der Waals surface area contributed by atoms with Gasteiger partial charge in [0.05, 0.1) is 22.5 Å². The summed E-state index contributed by atoms with van der Waals surface area (Å²) in [5.41, 5.74) is 7.32. The van der Waals surface area contributed by atoms with E-state index in [0.29, 0.717) is 70.5 Å². The number of carbonyl (C=O) groups excluding carboxylic acids is 1. The third kappa shape index (κ3) is 12.2. The van der Waals surface area contributed by atoms with E-state index in [-0.39, 0.29) is 42.0 Å². The van der Waals surface area contributed by atoms with Crippen LogP contribution in [-0.4, -0.2) is 108 Å². The summed E-state index contributed by atoms with van der Waals surface area (Å²) in [5, 5.41) is 16.8. The number of nitrogens with zero attached hydrogens (tertiary/aromatic N) is 11. The predicted molar refractivity (Wildman–Crippen MR) is 300 cm³/mol. The maximum absolute atomic E-state index is 13.2. The number of anilines is 6. The van der Waals surface area contributed by atoms with Gasteiger partial charge in [-0.2, -0.15) is 9.97 Å². The molecule has 0 unspecified atom stereocenters. The summed E-state index contributed by atoms with van der Waals surface area (Å²) in [6.07, 6.45) is 3.15. The smallest absolute Gasteiger partial charge is 0.410 e. The number of aromatic nitrogens is 8. The first kappa shape index (κ1) is 54.1. The van der Waals surface area contributed by atoms with E-state index in [9.17, 15) is 14.4 Å². The van der Waals surface area contributed by atoms with Crippen LogP contribution in [0.1, 0.15) is 46.0 Å². The minimum absolute atomic E-state index is 0. The van der Waals surface area contributed by atoms with Crippen molar-refractivity contribution >= 4 is 110 Å². The number of fused-ring (bicyclic) bond motifs is 2. The van der Waals surface area contributed by atoms with Crippen molar-refractivity contribution < 1.29 is 9.53 Å². The molecule has 8 heterocycles. The molecule has 73 heavy (non-hydrogen) atoms. The Hall–Kier alpha value is -6.71. The average Bonchev–Trinajstić information content (AvgIpc) is 4.11. The van der Waals surface area contributed by atoms with Crippen molar-refractivity contribution in [2.45, 2.75) is 67.2 Å². The lowest BCUT2D eigenvalue weighted by atomic mass is 10.2. The zero-order chi connectivity index (χ0) is 49.8. The fraction of sp³-hybridized carbons (Fsp3) is 0.353. The maximum atomic E-state index is 13.2. The number of pyridine rings is 2. The van der Waals surface area contributed by atoms with Crippen molar-refractivity contribution in [2.24, 2.45) is 0 Å². The quantitative estimate of drug-likeness (QED) is 0.117. The van der Waals surface area contributed by atoms with E-state index in [2.05, 4.69) is 57.8 Å². The Morgan fingerprint density at radius 1 is 0.644 bits per heavy atom. The number of benzene rings is 2. The fourth-order valence-corrected chi connectivity index (χ4v) is 9.95. The number of ether oxygens (including phenoxy) is 1. The van der Waals surface area contributed by atoms with Gasteiger partial charge in [0.2, 0.25) is 11.9 Å². The van der Waals surface area contributed by atoms with Crippen LogP contribution in [0.2, 0.25) is 0 Å². The van der Waals surface area contributed by atoms with E-state index in [4.69, 9.17) is 14.7 Å². The molecule has 2 aliphatic rings. The van der Waals surface area contributed by atoms with Gasteiger partial charge in [0.15, 0.2) is 0 Å². The molecule has 6 aromatic heterocycles. The highest BCUT2D eigenvalue weighted by atomic mass is 35.5. The maximum Gasteiger partial charge on any atom is 0.410 e. The molecule has 0 radical (unpaired) electrons. The normalized spacial score (nSPS) is 13.7. The Bertz CT molecular complexity index is 3280. The summed E-state index contributed by atoms with van der Waals surface area (Å²) in [6, 6.07) is 20.1. The number of thiazole rings is 2. The number of nitrogens with one attached hydrogen (secondary N) is 3. The SMILES string of the molecule is CCn1c(=O)c(-c2nccs2)cc2c(C)nc(Nc3ccc(N4CCN(C(=O)OC(C)(C)C)CC4)cc3)nc21.CCn1c(=O)c(-c2nccs2)cc2c(C)nc(Nc3ccc(N4CCNCC4)cc3)nc21.Cl.Cl. The molecule has 0 saturated carbocycles.